The first-order chi connectivity index (χ1) is 14.3. The molecular weight excluding hydrogens is 491 g/mol. The fourth-order valence-electron chi connectivity index (χ4n) is 2.56. The minimum absolute atomic E-state index is 0.412. The van der Waals surface area contributed by atoms with E-state index < -0.39 is 66.1 Å². The Bertz CT molecular complexity index is 836. The third kappa shape index (κ3) is 5.48. The Kier molecular flexibility index (Phi) is 6.89. The van der Waals surface area contributed by atoms with Crippen LogP contribution in [0.1, 0.15) is 11.1 Å². The molecule has 0 aromatic heterocycles. The van der Waals surface area contributed by atoms with Gasteiger partial charge in [0, 0.05) is 6.16 Å². The molecule has 0 saturated carbocycles. The predicted molar refractivity (Wildman–Crippen MR) is 91.0 cm³/mol. The zero-order valence-electron chi connectivity index (χ0n) is 15.3. The first-order valence-corrected chi connectivity index (χ1v) is 9.78. The Balaban J connectivity index is 2.62. The summed E-state index contributed by atoms with van der Waals surface area (Å²) < 4.78 is 156. The molecule has 0 atom stereocenters. The fraction of sp³-hybridized carbons (Fsp3) is 0.333. The van der Waals surface area contributed by atoms with Gasteiger partial charge in [-0.15, -0.1) is 0 Å². The summed E-state index contributed by atoms with van der Waals surface area (Å²) in [4.78, 5) is 0. The van der Waals surface area contributed by atoms with Gasteiger partial charge < -0.3 is 5.11 Å². The first kappa shape index (κ1) is 26.2. The van der Waals surface area contributed by atoms with E-state index in [1.165, 1.54) is 0 Å². The monoisotopic (exact) mass is 502 g/mol. The predicted octanol–water partition coefficient (Wildman–Crippen LogP) is 6.01. The van der Waals surface area contributed by atoms with Gasteiger partial charge in [-0.05, 0) is 42.8 Å². The van der Waals surface area contributed by atoms with Crippen molar-refractivity contribution in [3.05, 3.63) is 59.7 Å². The van der Waals surface area contributed by atoms with Crippen LogP contribution >= 0.6 is 7.92 Å². The number of alkyl halides is 12. The highest BCUT2D eigenvalue weighted by atomic mass is 31.1. The van der Waals surface area contributed by atoms with Crippen LogP contribution in [-0.2, 0) is 12.4 Å². The van der Waals surface area contributed by atoms with E-state index in [0.29, 0.717) is 48.5 Å². The summed E-state index contributed by atoms with van der Waals surface area (Å²) in [6.07, 6.45) is -24.2. The van der Waals surface area contributed by atoms with Gasteiger partial charge in [0.15, 0.2) is 0 Å². The van der Waals surface area contributed by atoms with Crippen molar-refractivity contribution in [2.75, 3.05) is 6.16 Å². The van der Waals surface area contributed by atoms with E-state index in [9.17, 15) is 57.8 Å². The van der Waals surface area contributed by atoms with Crippen molar-refractivity contribution in [3.8, 4) is 0 Å². The average Bonchev–Trinajstić information content (AvgIpc) is 2.63. The molecule has 0 amide bonds. The van der Waals surface area contributed by atoms with Crippen LogP contribution < -0.4 is 10.6 Å². The second-order valence-corrected chi connectivity index (χ2v) is 8.74. The Hall–Kier alpha value is -2.01. The molecule has 0 heterocycles. The number of benzene rings is 2. The topological polar surface area (TPSA) is 20.2 Å². The van der Waals surface area contributed by atoms with E-state index in [1.807, 2.05) is 0 Å². The van der Waals surface area contributed by atoms with Crippen molar-refractivity contribution < 1.29 is 57.8 Å². The molecule has 0 fully saturated rings. The lowest BCUT2D eigenvalue weighted by Gasteiger charge is -2.35. The lowest BCUT2D eigenvalue weighted by molar-refractivity contribution is -0.358. The Morgan fingerprint density at radius 1 is 0.531 bits per heavy atom. The van der Waals surface area contributed by atoms with Crippen LogP contribution in [0.15, 0.2) is 48.5 Å². The molecule has 2 aromatic rings. The zero-order valence-corrected chi connectivity index (χ0v) is 16.2. The second kappa shape index (κ2) is 8.40. The fourth-order valence-corrected chi connectivity index (χ4v) is 5.06. The van der Waals surface area contributed by atoms with E-state index >= 15 is 0 Å². The van der Waals surface area contributed by atoms with Gasteiger partial charge >= 0.3 is 24.7 Å². The Morgan fingerprint density at radius 2 is 0.812 bits per heavy atom. The second-order valence-electron chi connectivity index (χ2n) is 6.53. The molecule has 2 aromatic carbocycles. The normalized spacial score (nSPS) is 14.2. The Morgan fingerprint density at radius 3 is 1.03 bits per heavy atom. The molecule has 2 rings (SSSR count). The third-order valence-corrected chi connectivity index (χ3v) is 6.95. The lowest BCUT2D eigenvalue weighted by Crippen LogP contribution is -2.59. The van der Waals surface area contributed by atoms with Gasteiger partial charge in [0.1, 0.15) is 0 Å². The molecule has 32 heavy (non-hydrogen) atoms. The molecule has 1 N–H and O–H groups in total. The maximum Gasteiger partial charge on any atom is 0.426 e. The molecule has 0 unspecified atom stereocenters. The summed E-state index contributed by atoms with van der Waals surface area (Å²) in [6, 6.07) is 4.14. The van der Waals surface area contributed by atoms with Gasteiger partial charge in [0.05, 0.1) is 11.1 Å². The van der Waals surface area contributed by atoms with Crippen molar-refractivity contribution in [2.24, 2.45) is 0 Å². The highest BCUT2D eigenvalue weighted by Gasteiger charge is 2.70. The maximum atomic E-state index is 13.2. The SMILES string of the molecule is OC(CP(c1ccc(C(F)(F)F)cc1)c1ccc(C(F)(F)F)cc1)(C(F)(F)F)C(F)(F)F. The standard InChI is InChI=1S/C18H11F12OP/c19-15(20,21)10-1-5-12(6-2-10)32(9-14(31,17(25,26)27)18(28,29)30)13-7-3-11(4-8-13)16(22,23)24/h1-8,31H,9H2. The van der Waals surface area contributed by atoms with Gasteiger partial charge in [-0.1, -0.05) is 24.3 Å². The van der Waals surface area contributed by atoms with Crippen molar-refractivity contribution in [1.29, 1.82) is 0 Å². The lowest BCUT2D eigenvalue weighted by atomic mass is 10.1. The van der Waals surface area contributed by atoms with Gasteiger partial charge in [-0.25, -0.2) is 0 Å². The zero-order chi connectivity index (χ0) is 24.8. The summed E-state index contributed by atoms with van der Waals surface area (Å²) in [5.74, 6) is 0. The van der Waals surface area contributed by atoms with Crippen LogP contribution in [0.25, 0.3) is 0 Å². The molecule has 0 saturated heterocycles. The van der Waals surface area contributed by atoms with Gasteiger partial charge in [-0.3, -0.25) is 0 Å². The quantitative estimate of drug-likeness (QED) is 0.401. The van der Waals surface area contributed by atoms with E-state index in [2.05, 4.69) is 0 Å². The first-order valence-electron chi connectivity index (χ1n) is 8.25. The summed E-state index contributed by atoms with van der Waals surface area (Å²) in [5.41, 5.74) is -7.74. The smallest absolute Gasteiger partial charge is 0.373 e. The molecule has 0 aliphatic heterocycles. The molecule has 1 nitrogen and oxygen atoms in total. The van der Waals surface area contributed by atoms with Gasteiger partial charge in [0.25, 0.3) is 5.60 Å². The van der Waals surface area contributed by atoms with E-state index in [0.717, 1.165) is 0 Å². The molecule has 178 valence electrons. The molecule has 14 heteroatoms. The number of aliphatic hydroxyl groups is 1. The van der Waals surface area contributed by atoms with Crippen LogP contribution in [0.3, 0.4) is 0 Å². The molecule has 0 bridgehead atoms. The Labute approximate surface area is 173 Å². The van der Waals surface area contributed by atoms with Crippen LogP contribution in [0.4, 0.5) is 52.7 Å². The summed E-state index contributed by atoms with van der Waals surface area (Å²) >= 11 is 0. The number of hydrogen-bond acceptors (Lipinski definition) is 1. The van der Waals surface area contributed by atoms with Crippen LogP contribution in [0, 0.1) is 0 Å². The summed E-state index contributed by atoms with van der Waals surface area (Å²) in [6.45, 7) is 0. The maximum absolute atomic E-state index is 13.2. The molecule has 0 radical (unpaired) electrons. The van der Waals surface area contributed by atoms with Crippen molar-refractivity contribution in [2.45, 2.75) is 30.3 Å². The molecular formula is C18H11F12OP. The van der Waals surface area contributed by atoms with Crippen LogP contribution in [0.5, 0.6) is 0 Å². The van der Waals surface area contributed by atoms with Crippen LogP contribution in [-0.4, -0.2) is 29.2 Å². The van der Waals surface area contributed by atoms with E-state index in [-0.39, 0.29) is 0 Å². The van der Waals surface area contributed by atoms with Crippen molar-refractivity contribution in [3.63, 3.8) is 0 Å². The van der Waals surface area contributed by atoms with E-state index in [4.69, 9.17) is 0 Å². The molecule has 0 aliphatic carbocycles. The number of hydrogen-bond donors (Lipinski definition) is 1. The van der Waals surface area contributed by atoms with Gasteiger partial charge in [0.2, 0.25) is 0 Å². The van der Waals surface area contributed by atoms with Crippen molar-refractivity contribution in [1.82, 2.24) is 0 Å². The van der Waals surface area contributed by atoms with Gasteiger partial charge in [-0.2, -0.15) is 52.7 Å². The largest absolute Gasteiger partial charge is 0.426 e. The minimum Gasteiger partial charge on any atom is -0.373 e. The average molecular weight is 502 g/mol. The highest BCUT2D eigenvalue weighted by Crippen LogP contribution is 2.50. The highest BCUT2D eigenvalue weighted by molar-refractivity contribution is 7.73. The summed E-state index contributed by atoms with van der Waals surface area (Å²) in [5, 5.41) is 8.66. The van der Waals surface area contributed by atoms with Crippen molar-refractivity contribution >= 4 is 18.5 Å². The van der Waals surface area contributed by atoms with Crippen LogP contribution in [0.2, 0.25) is 0 Å². The molecule has 0 aliphatic rings. The number of halogens is 12. The van der Waals surface area contributed by atoms with E-state index in [1.54, 1.807) is 0 Å². The number of rotatable bonds is 4. The molecule has 0 spiro atoms. The summed E-state index contributed by atoms with van der Waals surface area (Å²) in [7, 11) is -2.89. The third-order valence-electron chi connectivity index (χ3n) is 4.34. The minimum atomic E-state index is -6.22.